The van der Waals surface area contributed by atoms with Crippen molar-refractivity contribution in [1.29, 1.82) is 0 Å². The molecule has 1 heterocycles. The van der Waals surface area contributed by atoms with Crippen LogP contribution in [0.5, 0.6) is 0 Å². The van der Waals surface area contributed by atoms with E-state index in [9.17, 15) is 0 Å². The van der Waals surface area contributed by atoms with Crippen molar-refractivity contribution in [2.24, 2.45) is 5.73 Å². The standard InChI is InChI=1S/C17H22ClN3/c1-12-10-14(8-9-19)11-20-17(12)21(3)13(2)15-4-6-16(18)7-5-15/h4-7,10-11,13H,8-9,19H2,1-3H3. The average Bonchev–Trinajstić information content (AvgIpc) is 2.47. The molecular formula is C17H22ClN3. The molecule has 1 aromatic carbocycles. The first-order valence-electron chi connectivity index (χ1n) is 7.17. The zero-order valence-corrected chi connectivity index (χ0v) is 13.6. The molecule has 0 aliphatic heterocycles. The first-order valence-corrected chi connectivity index (χ1v) is 7.54. The minimum Gasteiger partial charge on any atom is -0.353 e. The molecule has 0 amide bonds. The van der Waals surface area contributed by atoms with E-state index >= 15 is 0 Å². The molecule has 0 aliphatic rings. The molecule has 1 atom stereocenters. The van der Waals surface area contributed by atoms with Crippen LogP contribution in [-0.2, 0) is 6.42 Å². The van der Waals surface area contributed by atoms with Crippen LogP contribution in [0.1, 0.15) is 29.7 Å². The molecule has 2 rings (SSSR count). The quantitative estimate of drug-likeness (QED) is 0.915. The highest BCUT2D eigenvalue weighted by Gasteiger charge is 2.15. The maximum Gasteiger partial charge on any atom is 0.131 e. The first kappa shape index (κ1) is 15.8. The highest BCUT2D eigenvalue weighted by molar-refractivity contribution is 6.30. The fraction of sp³-hybridized carbons (Fsp3) is 0.353. The lowest BCUT2D eigenvalue weighted by molar-refractivity contribution is 0.725. The molecule has 1 aromatic heterocycles. The number of rotatable bonds is 5. The summed E-state index contributed by atoms with van der Waals surface area (Å²) in [7, 11) is 2.07. The van der Waals surface area contributed by atoms with Gasteiger partial charge in [-0.1, -0.05) is 29.8 Å². The van der Waals surface area contributed by atoms with E-state index in [1.54, 1.807) is 0 Å². The van der Waals surface area contributed by atoms with Crippen molar-refractivity contribution in [2.45, 2.75) is 26.3 Å². The van der Waals surface area contributed by atoms with Crippen molar-refractivity contribution in [3.8, 4) is 0 Å². The maximum atomic E-state index is 5.95. The van der Waals surface area contributed by atoms with Gasteiger partial charge in [0.05, 0.1) is 6.04 Å². The summed E-state index contributed by atoms with van der Waals surface area (Å²) in [6, 6.07) is 10.4. The van der Waals surface area contributed by atoms with Crippen LogP contribution in [0.25, 0.3) is 0 Å². The van der Waals surface area contributed by atoms with Crippen molar-refractivity contribution in [3.63, 3.8) is 0 Å². The fourth-order valence-electron chi connectivity index (χ4n) is 2.45. The molecule has 2 aromatic rings. The lowest BCUT2D eigenvalue weighted by atomic mass is 10.1. The normalized spacial score (nSPS) is 12.2. The Labute approximate surface area is 131 Å². The fourth-order valence-corrected chi connectivity index (χ4v) is 2.57. The third-order valence-corrected chi connectivity index (χ3v) is 4.06. The summed E-state index contributed by atoms with van der Waals surface area (Å²) < 4.78 is 0. The van der Waals surface area contributed by atoms with E-state index in [4.69, 9.17) is 17.3 Å². The third kappa shape index (κ3) is 3.74. The topological polar surface area (TPSA) is 42.1 Å². The van der Waals surface area contributed by atoms with E-state index in [1.807, 2.05) is 18.3 Å². The lowest BCUT2D eigenvalue weighted by Crippen LogP contribution is -2.23. The molecule has 4 heteroatoms. The van der Waals surface area contributed by atoms with Crippen LogP contribution in [0.15, 0.2) is 36.5 Å². The molecular weight excluding hydrogens is 282 g/mol. The summed E-state index contributed by atoms with van der Waals surface area (Å²) in [5, 5.41) is 0.758. The Balaban J connectivity index is 2.22. The van der Waals surface area contributed by atoms with Crippen molar-refractivity contribution >= 4 is 17.4 Å². The Kier molecular flexibility index (Phi) is 5.21. The highest BCUT2D eigenvalue weighted by atomic mass is 35.5. The number of pyridine rings is 1. The second-order valence-corrected chi connectivity index (χ2v) is 5.80. The molecule has 112 valence electrons. The van der Waals surface area contributed by atoms with Gasteiger partial charge in [-0.05, 0) is 55.6 Å². The summed E-state index contributed by atoms with van der Waals surface area (Å²) in [6.07, 6.45) is 2.78. The van der Waals surface area contributed by atoms with Crippen molar-refractivity contribution in [1.82, 2.24) is 4.98 Å². The average molecular weight is 304 g/mol. The zero-order chi connectivity index (χ0) is 15.4. The smallest absolute Gasteiger partial charge is 0.131 e. The van der Waals surface area contributed by atoms with Crippen LogP contribution in [0.3, 0.4) is 0 Å². The number of halogens is 1. The van der Waals surface area contributed by atoms with Gasteiger partial charge in [0, 0.05) is 18.3 Å². The number of aromatic nitrogens is 1. The van der Waals surface area contributed by atoms with Crippen LogP contribution < -0.4 is 10.6 Å². The van der Waals surface area contributed by atoms with E-state index in [2.05, 4.69) is 49.0 Å². The van der Waals surface area contributed by atoms with E-state index in [0.717, 1.165) is 17.3 Å². The predicted molar refractivity (Wildman–Crippen MR) is 90.0 cm³/mol. The molecule has 0 spiro atoms. The SMILES string of the molecule is Cc1cc(CCN)cnc1N(C)C(C)c1ccc(Cl)cc1. The van der Waals surface area contributed by atoms with Gasteiger partial charge < -0.3 is 10.6 Å². The molecule has 2 N–H and O–H groups in total. The molecule has 0 aliphatic carbocycles. The van der Waals surface area contributed by atoms with Gasteiger partial charge in [0.15, 0.2) is 0 Å². The summed E-state index contributed by atoms with van der Waals surface area (Å²) in [5.74, 6) is 0.998. The largest absolute Gasteiger partial charge is 0.353 e. The van der Waals surface area contributed by atoms with Crippen molar-refractivity contribution in [2.75, 3.05) is 18.5 Å². The van der Waals surface area contributed by atoms with Gasteiger partial charge in [-0.15, -0.1) is 0 Å². The Hall–Kier alpha value is -1.58. The van der Waals surface area contributed by atoms with Gasteiger partial charge in [-0.2, -0.15) is 0 Å². The number of aryl methyl sites for hydroxylation is 1. The number of hydrogen-bond donors (Lipinski definition) is 1. The molecule has 0 radical (unpaired) electrons. The lowest BCUT2D eigenvalue weighted by Gasteiger charge is -2.28. The molecule has 3 nitrogen and oxygen atoms in total. The Bertz CT molecular complexity index is 595. The third-order valence-electron chi connectivity index (χ3n) is 3.81. The molecule has 0 fully saturated rings. The van der Waals surface area contributed by atoms with Gasteiger partial charge in [-0.25, -0.2) is 4.98 Å². The zero-order valence-electron chi connectivity index (χ0n) is 12.8. The number of anilines is 1. The number of nitrogens with zero attached hydrogens (tertiary/aromatic N) is 2. The second kappa shape index (κ2) is 6.92. The van der Waals surface area contributed by atoms with E-state index in [-0.39, 0.29) is 6.04 Å². The minimum atomic E-state index is 0.230. The van der Waals surface area contributed by atoms with E-state index in [0.29, 0.717) is 6.54 Å². The Morgan fingerprint density at radius 3 is 2.52 bits per heavy atom. The van der Waals surface area contributed by atoms with Crippen molar-refractivity contribution < 1.29 is 0 Å². The molecule has 0 bridgehead atoms. The predicted octanol–water partition coefficient (Wildman–Crippen LogP) is 3.74. The molecule has 0 saturated heterocycles. The van der Waals surface area contributed by atoms with E-state index in [1.165, 1.54) is 16.7 Å². The second-order valence-electron chi connectivity index (χ2n) is 5.36. The monoisotopic (exact) mass is 303 g/mol. The van der Waals surface area contributed by atoms with Crippen LogP contribution in [0, 0.1) is 6.92 Å². The summed E-state index contributed by atoms with van der Waals surface area (Å²) >= 11 is 5.95. The van der Waals surface area contributed by atoms with Crippen LogP contribution in [-0.4, -0.2) is 18.6 Å². The molecule has 0 saturated carbocycles. The first-order chi connectivity index (χ1) is 10.0. The van der Waals surface area contributed by atoms with Crippen LogP contribution in [0.2, 0.25) is 5.02 Å². The van der Waals surface area contributed by atoms with Gasteiger partial charge in [0.1, 0.15) is 5.82 Å². The van der Waals surface area contributed by atoms with Crippen LogP contribution >= 0.6 is 11.6 Å². The number of hydrogen-bond acceptors (Lipinski definition) is 3. The van der Waals surface area contributed by atoms with Gasteiger partial charge in [-0.3, -0.25) is 0 Å². The molecule has 21 heavy (non-hydrogen) atoms. The summed E-state index contributed by atoms with van der Waals surface area (Å²) in [6.45, 7) is 4.91. The van der Waals surface area contributed by atoms with Gasteiger partial charge in [0.2, 0.25) is 0 Å². The van der Waals surface area contributed by atoms with Crippen molar-refractivity contribution in [3.05, 3.63) is 58.2 Å². The highest BCUT2D eigenvalue weighted by Crippen LogP contribution is 2.27. The summed E-state index contributed by atoms with van der Waals surface area (Å²) in [4.78, 5) is 6.79. The Morgan fingerprint density at radius 1 is 1.29 bits per heavy atom. The minimum absolute atomic E-state index is 0.230. The number of benzene rings is 1. The van der Waals surface area contributed by atoms with Crippen LogP contribution in [0.4, 0.5) is 5.82 Å². The molecule has 1 unspecified atom stereocenters. The van der Waals surface area contributed by atoms with Gasteiger partial charge >= 0.3 is 0 Å². The summed E-state index contributed by atoms with van der Waals surface area (Å²) in [5.41, 5.74) is 9.17. The number of nitrogens with two attached hydrogens (primary N) is 1. The van der Waals surface area contributed by atoms with Gasteiger partial charge in [0.25, 0.3) is 0 Å². The van der Waals surface area contributed by atoms with E-state index < -0.39 is 0 Å². The Morgan fingerprint density at radius 2 is 1.95 bits per heavy atom. The maximum absolute atomic E-state index is 5.95.